The van der Waals surface area contributed by atoms with Gasteiger partial charge in [-0.05, 0) is 6.92 Å². The third-order valence-corrected chi connectivity index (χ3v) is 1.61. The van der Waals surface area contributed by atoms with Gasteiger partial charge in [0.05, 0.1) is 13.2 Å². The summed E-state index contributed by atoms with van der Waals surface area (Å²) in [6, 6.07) is 0. The first-order valence-electron chi connectivity index (χ1n) is 4.14. The van der Waals surface area contributed by atoms with Crippen molar-refractivity contribution in [1.29, 1.82) is 0 Å². The Hall–Kier alpha value is -0.450. The molecule has 4 heteroatoms. The van der Waals surface area contributed by atoms with Crippen molar-refractivity contribution in [2.45, 2.75) is 13.3 Å². The van der Waals surface area contributed by atoms with Crippen molar-refractivity contribution >= 4 is 5.78 Å². The van der Waals surface area contributed by atoms with E-state index in [1.165, 1.54) is 6.92 Å². The number of nitrogens with zero attached hydrogens (tertiary/aromatic N) is 1. The van der Waals surface area contributed by atoms with Crippen molar-refractivity contribution in [2.75, 3.05) is 32.8 Å². The summed E-state index contributed by atoms with van der Waals surface area (Å²) in [5, 5.41) is 17.2. The minimum atomic E-state index is 0.0674. The van der Waals surface area contributed by atoms with Crippen molar-refractivity contribution in [1.82, 2.24) is 4.90 Å². The molecule has 0 aliphatic rings. The standard InChI is InChI=1S/C8H17NO3/c1-8(12)2-3-9(4-6-10)5-7-11/h10-11H,2-7H2,1H3. The summed E-state index contributed by atoms with van der Waals surface area (Å²) < 4.78 is 0. The van der Waals surface area contributed by atoms with E-state index in [2.05, 4.69) is 0 Å². The normalized spacial score (nSPS) is 10.7. The lowest BCUT2D eigenvalue weighted by atomic mass is 10.3. The third-order valence-electron chi connectivity index (χ3n) is 1.61. The van der Waals surface area contributed by atoms with E-state index >= 15 is 0 Å². The van der Waals surface area contributed by atoms with E-state index in [4.69, 9.17) is 10.2 Å². The second-order valence-electron chi connectivity index (χ2n) is 2.74. The lowest BCUT2D eigenvalue weighted by molar-refractivity contribution is -0.117. The summed E-state index contributed by atoms with van der Waals surface area (Å²) >= 11 is 0. The molecule has 0 aromatic rings. The van der Waals surface area contributed by atoms with Crippen LogP contribution < -0.4 is 0 Å². The van der Waals surface area contributed by atoms with Gasteiger partial charge in [-0.3, -0.25) is 9.69 Å². The molecule has 0 aromatic carbocycles. The number of aliphatic hydroxyl groups excluding tert-OH is 2. The molecular formula is C8H17NO3. The molecule has 12 heavy (non-hydrogen) atoms. The largest absolute Gasteiger partial charge is 0.395 e. The zero-order valence-corrected chi connectivity index (χ0v) is 7.49. The molecule has 0 bridgehead atoms. The fraction of sp³-hybridized carbons (Fsp3) is 0.875. The van der Waals surface area contributed by atoms with Gasteiger partial charge in [-0.15, -0.1) is 0 Å². The molecule has 0 spiro atoms. The number of hydrogen-bond donors (Lipinski definition) is 2. The molecule has 0 aliphatic carbocycles. The van der Waals surface area contributed by atoms with E-state index in [0.29, 0.717) is 26.1 Å². The Morgan fingerprint density at radius 1 is 1.17 bits per heavy atom. The van der Waals surface area contributed by atoms with E-state index < -0.39 is 0 Å². The minimum Gasteiger partial charge on any atom is -0.395 e. The van der Waals surface area contributed by atoms with Crippen molar-refractivity contribution in [3.8, 4) is 0 Å². The van der Waals surface area contributed by atoms with Crippen LogP contribution in [0.3, 0.4) is 0 Å². The Labute approximate surface area is 72.8 Å². The molecule has 0 amide bonds. The van der Waals surface area contributed by atoms with Crippen LogP contribution in [0.2, 0.25) is 0 Å². The Balaban J connectivity index is 3.54. The predicted molar refractivity (Wildman–Crippen MR) is 45.9 cm³/mol. The van der Waals surface area contributed by atoms with E-state index in [1.54, 1.807) is 0 Å². The van der Waals surface area contributed by atoms with Crippen LogP contribution in [0.15, 0.2) is 0 Å². The van der Waals surface area contributed by atoms with Gasteiger partial charge in [0, 0.05) is 26.1 Å². The lowest BCUT2D eigenvalue weighted by Crippen LogP contribution is -2.31. The molecule has 0 saturated carbocycles. The highest BCUT2D eigenvalue weighted by Gasteiger charge is 2.03. The van der Waals surface area contributed by atoms with Gasteiger partial charge in [-0.1, -0.05) is 0 Å². The molecular weight excluding hydrogens is 158 g/mol. The Kier molecular flexibility index (Phi) is 6.94. The van der Waals surface area contributed by atoms with Crippen molar-refractivity contribution < 1.29 is 15.0 Å². The fourth-order valence-electron chi connectivity index (χ4n) is 0.934. The average Bonchev–Trinajstić information content (AvgIpc) is 2.01. The Morgan fingerprint density at radius 3 is 2.00 bits per heavy atom. The lowest BCUT2D eigenvalue weighted by Gasteiger charge is -2.18. The summed E-state index contributed by atoms with van der Waals surface area (Å²) in [6.07, 6.45) is 0.486. The number of Topliss-reactive ketones (excluding diaryl/α,β-unsaturated/α-hetero) is 1. The molecule has 72 valence electrons. The van der Waals surface area contributed by atoms with Crippen molar-refractivity contribution in [3.05, 3.63) is 0 Å². The van der Waals surface area contributed by atoms with Crippen LogP contribution in [0.5, 0.6) is 0 Å². The Bertz CT molecular complexity index is 121. The van der Waals surface area contributed by atoms with Gasteiger partial charge < -0.3 is 10.2 Å². The number of carbonyl (C=O) groups excluding carboxylic acids is 1. The predicted octanol–water partition coefficient (Wildman–Crippen LogP) is -0.748. The van der Waals surface area contributed by atoms with E-state index in [9.17, 15) is 4.79 Å². The van der Waals surface area contributed by atoms with Gasteiger partial charge in [0.25, 0.3) is 0 Å². The summed E-state index contributed by atoms with van der Waals surface area (Å²) in [4.78, 5) is 12.5. The molecule has 0 radical (unpaired) electrons. The molecule has 4 nitrogen and oxygen atoms in total. The van der Waals surface area contributed by atoms with Crippen LogP contribution in [-0.4, -0.2) is 53.7 Å². The van der Waals surface area contributed by atoms with Crippen LogP contribution in [0, 0.1) is 0 Å². The smallest absolute Gasteiger partial charge is 0.131 e. The molecule has 0 aromatic heterocycles. The second kappa shape index (κ2) is 7.21. The molecule has 0 heterocycles. The van der Waals surface area contributed by atoms with Crippen molar-refractivity contribution in [2.24, 2.45) is 0 Å². The van der Waals surface area contributed by atoms with E-state index in [-0.39, 0.29) is 19.0 Å². The van der Waals surface area contributed by atoms with E-state index in [1.807, 2.05) is 4.90 Å². The van der Waals surface area contributed by atoms with E-state index in [0.717, 1.165) is 0 Å². The third kappa shape index (κ3) is 6.27. The van der Waals surface area contributed by atoms with Crippen LogP contribution >= 0.6 is 0 Å². The topological polar surface area (TPSA) is 60.8 Å². The average molecular weight is 175 g/mol. The van der Waals surface area contributed by atoms with Gasteiger partial charge in [0.15, 0.2) is 0 Å². The fourth-order valence-corrected chi connectivity index (χ4v) is 0.934. The molecule has 2 N–H and O–H groups in total. The maximum absolute atomic E-state index is 10.6. The minimum absolute atomic E-state index is 0.0674. The van der Waals surface area contributed by atoms with Gasteiger partial charge in [0.2, 0.25) is 0 Å². The summed E-state index contributed by atoms with van der Waals surface area (Å²) in [5.74, 6) is 0.135. The summed E-state index contributed by atoms with van der Waals surface area (Å²) in [7, 11) is 0. The van der Waals surface area contributed by atoms with Gasteiger partial charge in [-0.2, -0.15) is 0 Å². The molecule has 0 saturated heterocycles. The zero-order chi connectivity index (χ0) is 9.40. The van der Waals surface area contributed by atoms with Gasteiger partial charge in [-0.25, -0.2) is 0 Å². The Morgan fingerprint density at radius 2 is 1.67 bits per heavy atom. The zero-order valence-electron chi connectivity index (χ0n) is 7.49. The number of aliphatic hydroxyl groups is 2. The van der Waals surface area contributed by atoms with Crippen LogP contribution in [-0.2, 0) is 4.79 Å². The maximum Gasteiger partial charge on any atom is 0.131 e. The van der Waals surface area contributed by atoms with Gasteiger partial charge >= 0.3 is 0 Å². The van der Waals surface area contributed by atoms with Gasteiger partial charge in [0.1, 0.15) is 5.78 Å². The highest BCUT2D eigenvalue weighted by atomic mass is 16.3. The second-order valence-corrected chi connectivity index (χ2v) is 2.74. The monoisotopic (exact) mass is 175 g/mol. The molecule has 0 atom stereocenters. The van der Waals surface area contributed by atoms with Crippen LogP contribution in [0.4, 0.5) is 0 Å². The highest BCUT2D eigenvalue weighted by Crippen LogP contribution is 1.91. The quantitative estimate of drug-likeness (QED) is 0.534. The maximum atomic E-state index is 10.6. The number of hydrogen-bond acceptors (Lipinski definition) is 4. The highest BCUT2D eigenvalue weighted by molar-refractivity contribution is 5.75. The number of carbonyl (C=O) groups is 1. The molecule has 0 rings (SSSR count). The first kappa shape index (κ1) is 11.6. The first-order valence-corrected chi connectivity index (χ1v) is 4.14. The summed E-state index contributed by atoms with van der Waals surface area (Å²) in [6.45, 7) is 3.34. The molecule has 0 fully saturated rings. The van der Waals surface area contributed by atoms with Crippen molar-refractivity contribution in [3.63, 3.8) is 0 Å². The van der Waals surface area contributed by atoms with Crippen LogP contribution in [0.25, 0.3) is 0 Å². The molecule has 0 aliphatic heterocycles. The first-order chi connectivity index (χ1) is 5.70. The molecule has 0 unspecified atom stereocenters. The number of ketones is 1. The SMILES string of the molecule is CC(=O)CCN(CCO)CCO. The summed E-state index contributed by atoms with van der Waals surface area (Å²) in [5.41, 5.74) is 0. The van der Waals surface area contributed by atoms with Crippen LogP contribution in [0.1, 0.15) is 13.3 Å². The number of rotatable bonds is 7.